The first-order valence-electron chi connectivity index (χ1n) is 5.75. The molecule has 0 amide bonds. The minimum absolute atomic E-state index is 0.154. The summed E-state index contributed by atoms with van der Waals surface area (Å²) in [6, 6.07) is 8.11. The molecule has 0 spiro atoms. The summed E-state index contributed by atoms with van der Waals surface area (Å²) >= 11 is 5.01. The fourth-order valence-electron chi connectivity index (χ4n) is 1.81. The van der Waals surface area contributed by atoms with Gasteiger partial charge in [0, 0.05) is 6.54 Å². The van der Waals surface area contributed by atoms with E-state index in [9.17, 15) is 9.18 Å². The smallest absolute Gasteiger partial charge is 0.179 e. The average molecular weight is 342 g/mol. The Bertz CT molecular complexity index is 584. The van der Waals surface area contributed by atoms with Gasteiger partial charge < -0.3 is 0 Å². The van der Waals surface area contributed by atoms with Gasteiger partial charge in [-0.2, -0.15) is 0 Å². The van der Waals surface area contributed by atoms with Crippen LogP contribution in [0.5, 0.6) is 0 Å². The zero-order chi connectivity index (χ0) is 13.8. The molecular weight excluding hydrogens is 329 g/mol. The van der Waals surface area contributed by atoms with E-state index in [4.69, 9.17) is 0 Å². The van der Waals surface area contributed by atoms with Gasteiger partial charge in [0.25, 0.3) is 0 Å². The van der Waals surface area contributed by atoms with Crippen LogP contribution in [0.2, 0.25) is 0 Å². The summed E-state index contributed by atoms with van der Waals surface area (Å²) in [6.07, 6.45) is 0. The van der Waals surface area contributed by atoms with Crippen molar-refractivity contribution in [1.82, 2.24) is 4.90 Å². The number of carbonyl (C=O) groups excluding carboxylic acids is 1. The lowest BCUT2D eigenvalue weighted by Crippen LogP contribution is -2.26. The van der Waals surface area contributed by atoms with E-state index in [0.717, 1.165) is 9.35 Å². The molecule has 1 heterocycles. The molecule has 0 aliphatic heterocycles. The second-order valence-corrected chi connectivity index (χ2v) is 6.62. The van der Waals surface area contributed by atoms with Crippen LogP contribution in [0.1, 0.15) is 15.9 Å². The molecule has 0 bridgehead atoms. The van der Waals surface area contributed by atoms with Crippen molar-refractivity contribution in [3.05, 3.63) is 56.4 Å². The third kappa shape index (κ3) is 3.96. The molecule has 0 saturated heterocycles. The third-order valence-corrected chi connectivity index (χ3v) is 4.22. The van der Waals surface area contributed by atoms with Gasteiger partial charge in [0.2, 0.25) is 0 Å². The van der Waals surface area contributed by atoms with Gasteiger partial charge in [-0.05, 0) is 52.1 Å². The predicted octanol–water partition coefficient (Wildman–Crippen LogP) is 3.96. The van der Waals surface area contributed by atoms with Crippen molar-refractivity contribution in [1.29, 1.82) is 0 Å². The molecule has 0 atom stereocenters. The van der Waals surface area contributed by atoms with Crippen LogP contribution in [0.3, 0.4) is 0 Å². The van der Waals surface area contributed by atoms with Gasteiger partial charge >= 0.3 is 0 Å². The van der Waals surface area contributed by atoms with Crippen LogP contribution in [0.4, 0.5) is 4.39 Å². The number of carbonyl (C=O) groups is 1. The van der Waals surface area contributed by atoms with Crippen LogP contribution >= 0.6 is 27.3 Å². The van der Waals surface area contributed by atoms with Crippen LogP contribution in [-0.4, -0.2) is 24.3 Å². The van der Waals surface area contributed by atoms with Crippen LogP contribution < -0.4 is 0 Å². The molecule has 5 heteroatoms. The lowest BCUT2D eigenvalue weighted by Gasteiger charge is -2.15. The van der Waals surface area contributed by atoms with Gasteiger partial charge in [0.05, 0.1) is 15.9 Å². The van der Waals surface area contributed by atoms with Crippen LogP contribution in [0, 0.1) is 5.82 Å². The fraction of sp³-hybridized carbons (Fsp3) is 0.214. The van der Waals surface area contributed by atoms with E-state index in [1.165, 1.54) is 12.1 Å². The number of rotatable bonds is 5. The Labute approximate surface area is 124 Å². The predicted molar refractivity (Wildman–Crippen MR) is 79.1 cm³/mol. The number of Topliss-reactive ketones (excluding diaryl/α,β-unsaturated/α-hetero) is 1. The molecule has 0 unspecified atom stereocenters. The SMILES string of the molecule is CN(CC(=O)c1ccccc1F)Cc1csc(Br)c1. The second kappa shape index (κ2) is 6.41. The molecule has 0 fully saturated rings. The van der Waals surface area contributed by atoms with E-state index < -0.39 is 5.82 Å². The molecule has 0 aliphatic carbocycles. The van der Waals surface area contributed by atoms with Crippen LogP contribution in [0.25, 0.3) is 0 Å². The quantitative estimate of drug-likeness (QED) is 0.767. The van der Waals surface area contributed by atoms with Crippen molar-refractivity contribution in [3.8, 4) is 0 Å². The van der Waals surface area contributed by atoms with Crippen molar-refractivity contribution >= 4 is 33.0 Å². The number of ketones is 1. The van der Waals surface area contributed by atoms with E-state index in [1.807, 2.05) is 23.4 Å². The van der Waals surface area contributed by atoms with Crippen molar-refractivity contribution in [3.63, 3.8) is 0 Å². The molecule has 0 N–H and O–H groups in total. The van der Waals surface area contributed by atoms with Gasteiger partial charge in [-0.1, -0.05) is 12.1 Å². The number of nitrogens with zero attached hydrogens (tertiary/aromatic N) is 1. The topological polar surface area (TPSA) is 20.3 Å². The molecule has 2 rings (SSSR count). The molecule has 0 saturated carbocycles. The highest BCUT2D eigenvalue weighted by Gasteiger charge is 2.13. The summed E-state index contributed by atoms with van der Waals surface area (Å²) < 4.78 is 14.5. The Hall–Kier alpha value is -1.04. The Kier molecular flexibility index (Phi) is 4.85. The van der Waals surface area contributed by atoms with Gasteiger partial charge in [0.1, 0.15) is 5.82 Å². The van der Waals surface area contributed by atoms with Crippen molar-refractivity contribution < 1.29 is 9.18 Å². The first kappa shape index (κ1) is 14.4. The Morgan fingerprint density at radius 1 is 1.42 bits per heavy atom. The minimum atomic E-state index is -0.459. The summed E-state index contributed by atoms with van der Waals surface area (Å²) in [4.78, 5) is 13.9. The Morgan fingerprint density at radius 2 is 2.16 bits per heavy atom. The highest BCUT2D eigenvalue weighted by atomic mass is 79.9. The number of hydrogen-bond donors (Lipinski definition) is 0. The normalized spacial score (nSPS) is 10.9. The van der Waals surface area contributed by atoms with E-state index in [1.54, 1.807) is 23.5 Å². The molecule has 0 aliphatic rings. The Morgan fingerprint density at radius 3 is 2.79 bits per heavy atom. The number of thiophene rings is 1. The van der Waals surface area contributed by atoms with Crippen LogP contribution in [0.15, 0.2) is 39.5 Å². The van der Waals surface area contributed by atoms with Gasteiger partial charge in [-0.3, -0.25) is 9.69 Å². The number of halogens is 2. The highest BCUT2D eigenvalue weighted by Crippen LogP contribution is 2.21. The fourth-order valence-corrected chi connectivity index (χ4v) is 3.01. The number of hydrogen-bond acceptors (Lipinski definition) is 3. The lowest BCUT2D eigenvalue weighted by molar-refractivity contribution is 0.0939. The third-order valence-electron chi connectivity index (χ3n) is 2.66. The monoisotopic (exact) mass is 341 g/mol. The molecule has 2 nitrogen and oxygen atoms in total. The zero-order valence-corrected chi connectivity index (χ0v) is 12.8. The average Bonchev–Trinajstić information content (AvgIpc) is 2.74. The van der Waals surface area contributed by atoms with Gasteiger partial charge in [0.15, 0.2) is 5.78 Å². The number of likely N-dealkylation sites (N-methyl/N-ethyl adjacent to an activating group) is 1. The van der Waals surface area contributed by atoms with Gasteiger partial charge in [-0.15, -0.1) is 11.3 Å². The lowest BCUT2D eigenvalue weighted by atomic mass is 10.1. The van der Waals surface area contributed by atoms with E-state index >= 15 is 0 Å². The maximum Gasteiger partial charge on any atom is 0.179 e. The standard InChI is InChI=1S/C14H13BrFNOS/c1-17(7-10-6-14(15)19-9-10)8-13(18)11-4-2-3-5-12(11)16/h2-6,9H,7-8H2,1H3. The minimum Gasteiger partial charge on any atom is -0.295 e. The zero-order valence-electron chi connectivity index (χ0n) is 10.4. The largest absolute Gasteiger partial charge is 0.295 e. The highest BCUT2D eigenvalue weighted by molar-refractivity contribution is 9.11. The molecule has 0 radical (unpaired) electrons. The van der Waals surface area contributed by atoms with Crippen molar-refractivity contribution in [2.24, 2.45) is 0 Å². The summed E-state index contributed by atoms with van der Waals surface area (Å²) in [5.74, 6) is -0.658. The molecule has 2 aromatic rings. The maximum atomic E-state index is 13.5. The van der Waals surface area contributed by atoms with Crippen molar-refractivity contribution in [2.75, 3.05) is 13.6 Å². The molecule has 1 aromatic heterocycles. The van der Waals surface area contributed by atoms with Crippen molar-refractivity contribution in [2.45, 2.75) is 6.54 Å². The van der Waals surface area contributed by atoms with E-state index in [0.29, 0.717) is 6.54 Å². The second-order valence-electron chi connectivity index (χ2n) is 4.33. The maximum absolute atomic E-state index is 13.5. The van der Waals surface area contributed by atoms with Gasteiger partial charge in [-0.25, -0.2) is 4.39 Å². The van der Waals surface area contributed by atoms with Crippen LogP contribution in [-0.2, 0) is 6.54 Å². The summed E-state index contributed by atoms with van der Waals surface area (Å²) in [5, 5.41) is 2.04. The van der Waals surface area contributed by atoms with E-state index in [-0.39, 0.29) is 17.9 Å². The molecule has 1 aromatic carbocycles. The molecule has 19 heavy (non-hydrogen) atoms. The molecular formula is C14H13BrFNOS. The van der Waals surface area contributed by atoms with E-state index in [2.05, 4.69) is 15.9 Å². The number of benzene rings is 1. The summed E-state index contributed by atoms with van der Waals surface area (Å²) in [6.45, 7) is 0.872. The first-order valence-corrected chi connectivity index (χ1v) is 7.42. The molecule has 100 valence electrons. The first-order chi connectivity index (χ1) is 9.06. The summed E-state index contributed by atoms with van der Waals surface area (Å²) in [7, 11) is 1.85. The Balaban J connectivity index is 1.97. The summed E-state index contributed by atoms with van der Waals surface area (Å²) in [5.41, 5.74) is 1.29.